The quantitative estimate of drug-likeness (QED) is 0.795. The molecule has 0 aromatic heterocycles. The maximum Gasteiger partial charge on any atom is 0.224 e. The van der Waals surface area contributed by atoms with Crippen LogP contribution in [0.5, 0.6) is 0 Å². The number of benzene rings is 1. The highest BCUT2D eigenvalue weighted by atomic mass is 16.5. The van der Waals surface area contributed by atoms with Crippen molar-refractivity contribution in [2.75, 3.05) is 39.6 Å². The standard InChI is InChI=1S/C16H25N3O2/c1-19(2)16(7-9-21-10-8-16)12-18-15(20)11-13-3-5-14(17)6-4-13/h3-6H,7-12,17H2,1-2H3,(H,18,20). The number of ether oxygens (including phenoxy) is 1. The summed E-state index contributed by atoms with van der Waals surface area (Å²) >= 11 is 0. The second-order valence-corrected chi connectivity index (χ2v) is 5.93. The number of nitrogens with one attached hydrogen (secondary N) is 1. The highest BCUT2D eigenvalue weighted by Gasteiger charge is 2.34. The Morgan fingerprint density at radius 3 is 2.48 bits per heavy atom. The molecule has 1 heterocycles. The molecule has 1 aliphatic heterocycles. The lowest BCUT2D eigenvalue weighted by molar-refractivity contribution is -0.121. The number of nitrogens with zero attached hydrogens (tertiary/aromatic N) is 1. The predicted octanol–water partition coefficient (Wildman–Crippen LogP) is 1.04. The van der Waals surface area contributed by atoms with Crippen LogP contribution >= 0.6 is 0 Å². The Bertz CT molecular complexity index is 465. The topological polar surface area (TPSA) is 67.6 Å². The van der Waals surface area contributed by atoms with Crippen LogP contribution in [0.4, 0.5) is 5.69 Å². The van der Waals surface area contributed by atoms with Gasteiger partial charge in [-0.05, 0) is 44.6 Å². The zero-order valence-electron chi connectivity index (χ0n) is 12.9. The molecule has 0 atom stereocenters. The van der Waals surface area contributed by atoms with Gasteiger partial charge in [-0.3, -0.25) is 4.79 Å². The van der Waals surface area contributed by atoms with E-state index in [0.29, 0.717) is 18.7 Å². The fourth-order valence-electron chi connectivity index (χ4n) is 2.68. The lowest BCUT2D eigenvalue weighted by Gasteiger charge is -2.42. The highest BCUT2D eigenvalue weighted by molar-refractivity contribution is 5.78. The van der Waals surface area contributed by atoms with Crippen molar-refractivity contribution in [3.63, 3.8) is 0 Å². The fourth-order valence-corrected chi connectivity index (χ4v) is 2.68. The van der Waals surface area contributed by atoms with Crippen LogP contribution in [-0.4, -0.2) is 50.2 Å². The molecule has 2 rings (SSSR count). The van der Waals surface area contributed by atoms with E-state index < -0.39 is 0 Å². The van der Waals surface area contributed by atoms with Gasteiger partial charge < -0.3 is 20.7 Å². The maximum atomic E-state index is 12.1. The Balaban J connectivity index is 1.88. The molecule has 1 fully saturated rings. The number of amides is 1. The van der Waals surface area contributed by atoms with Crippen LogP contribution < -0.4 is 11.1 Å². The number of rotatable bonds is 5. The number of hydrogen-bond donors (Lipinski definition) is 2. The summed E-state index contributed by atoms with van der Waals surface area (Å²) in [7, 11) is 4.13. The van der Waals surface area contributed by atoms with Gasteiger partial charge in [0.15, 0.2) is 0 Å². The van der Waals surface area contributed by atoms with E-state index in [2.05, 4.69) is 24.3 Å². The van der Waals surface area contributed by atoms with E-state index in [-0.39, 0.29) is 11.4 Å². The SMILES string of the molecule is CN(C)C1(CNC(=O)Cc2ccc(N)cc2)CCOCC1. The first-order valence-corrected chi connectivity index (χ1v) is 7.38. The zero-order chi connectivity index (χ0) is 15.3. The molecule has 116 valence electrons. The molecule has 5 nitrogen and oxygen atoms in total. The van der Waals surface area contributed by atoms with Gasteiger partial charge in [0.2, 0.25) is 5.91 Å². The smallest absolute Gasteiger partial charge is 0.224 e. The van der Waals surface area contributed by atoms with Gasteiger partial charge in [0.1, 0.15) is 0 Å². The van der Waals surface area contributed by atoms with E-state index in [4.69, 9.17) is 10.5 Å². The Morgan fingerprint density at radius 1 is 1.29 bits per heavy atom. The Kier molecular flexibility index (Phi) is 5.20. The summed E-state index contributed by atoms with van der Waals surface area (Å²) in [6, 6.07) is 7.43. The summed E-state index contributed by atoms with van der Waals surface area (Å²) in [4.78, 5) is 14.3. The average Bonchev–Trinajstić information content (AvgIpc) is 2.48. The predicted molar refractivity (Wildman–Crippen MR) is 84.0 cm³/mol. The minimum absolute atomic E-state index is 0.00895. The number of nitrogens with two attached hydrogens (primary N) is 1. The van der Waals surface area contributed by atoms with Gasteiger partial charge in [-0.1, -0.05) is 12.1 Å². The van der Waals surface area contributed by atoms with Crippen LogP contribution in [0.15, 0.2) is 24.3 Å². The molecule has 0 bridgehead atoms. The van der Waals surface area contributed by atoms with Crippen molar-refractivity contribution in [2.45, 2.75) is 24.8 Å². The molecule has 0 saturated carbocycles. The third-order valence-electron chi connectivity index (χ3n) is 4.33. The number of anilines is 1. The second-order valence-electron chi connectivity index (χ2n) is 5.93. The molecule has 5 heteroatoms. The van der Waals surface area contributed by atoms with Gasteiger partial charge in [0.05, 0.1) is 6.42 Å². The van der Waals surface area contributed by atoms with Gasteiger partial charge >= 0.3 is 0 Å². The van der Waals surface area contributed by atoms with Crippen LogP contribution in [0, 0.1) is 0 Å². The molecule has 1 saturated heterocycles. The highest BCUT2D eigenvalue weighted by Crippen LogP contribution is 2.25. The number of nitrogen functional groups attached to an aromatic ring is 1. The third kappa shape index (κ3) is 4.19. The zero-order valence-corrected chi connectivity index (χ0v) is 12.9. The van der Waals surface area contributed by atoms with Gasteiger partial charge in [0, 0.05) is 31.0 Å². The second kappa shape index (κ2) is 6.91. The molecule has 0 radical (unpaired) electrons. The van der Waals surface area contributed by atoms with E-state index in [1.165, 1.54) is 0 Å². The summed E-state index contributed by atoms with van der Waals surface area (Å²) in [6.45, 7) is 2.18. The van der Waals surface area contributed by atoms with Crippen molar-refractivity contribution in [1.82, 2.24) is 10.2 Å². The van der Waals surface area contributed by atoms with E-state index in [0.717, 1.165) is 31.6 Å². The lowest BCUT2D eigenvalue weighted by atomic mass is 9.88. The Labute approximate surface area is 126 Å². The molecule has 1 aromatic rings. The first kappa shape index (κ1) is 15.8. The molecule has 1 aromatic carbocycles. The molecule has 0 spiro atoms. The lowest BCUT2D eigenvalue weighted by Crippen LogP contribution is -2.55. The Hall–Kier alpha value is -1.59. The Morgan fingerprint density at radius 2 is 1.90 bits per heavy atom. The van der Waals surface area contributed by atoms with Crippen LogP contribution in [0.1, 0.15) is 18.4 Å². The van der Waals surface area contributed by atoms with Crippen LogP contribution in [0.3, 0.4) is 0 Å². The molecule has 1 aliphatic rings. The first-order chi connectivity index (χ1) is 10.0. The van der Waals surface area contributed by atoms with Gasteiger partial charge in [-0.25, -0.2) is 0 Å². The van der Waals surface area contributed by atoms with Crippen LogP contribution in [0.2, 0.25) is 0 Å². The summed E-state index contributed by atoms with van der Waals surface area (Å²) in [5.41, 5.74) is 7.35. The summed E-state index contributed by atoms with van der Waals surface area (Å²) < 4.78 is 5.44. The summed E-state index contributed by atoms with van der Waals surface area (Å²) in [5.74, 6) is 0.0486. The van der Waals surface area contributed by atoms with E-state index >= 15 is 0 Å². The summed E-state index contributed by atoms with van der Waals surface area (Å²) in [5, 5.41) is 3.07. The van der Waals surface area contributed by atoms with Crippen molar-refractivity contribution < 1.29 is 9.53 Å². The first-order valence-electron chi connectivity index (χ1n) is 7.38. The molecule has 0 unspecified atom stereocenters. The van der Waals surface area contributed by atoms with E-state index in [9.17, 15) is 4.79 Å². The van der Waals surface area contributed by atoms with Crippen molar-refractivity contribution in [2.24, 2.45) is 0 Å². The number of carbonyl (C=O) groups is 1. The maximum absolute atomic E-state index is 12.1. The minimum atomic E-state index is 0.00895. The van der Waals surface area contributed by atoms with E-state index in [1.54, 1.807) is 0 Å². The van der Waals surface area contributed by atoms with Crippen LogP contribution in [0.25, 0.3) is 0 Å². The largest absolute Gasteiger partial charge is 0.399 e. The summed E-state index contributed by atoms with van der Waals surface area (Å²) in [6.07, 6.45) is 2.28. The molecular formula is C16H25N3O2. The van der Waals surface area contributed by atoms with Crippen LogP contribution in [-0.2, 0) is 16.0 Å². The number of hydrogen-bond acceptors (Lipinski definition) is 4. The normalized spacial score (nSPS) is 17.7. The molecule has 21 heavy (non-hydrogen) atoms. The molecule has 0 aliphatic carbocycles. The third-order valence-corrected chi connectivity index (χ3v) is 4.33. The average molecular weight is 291 g/mol. The van der Waals surface area contributed by atoms with Crippen molar-refractivity contribution in [1.29, 1.82) is 0 Å². The number of carbonyl (C=O) groups excluding carboxylic acids is 1. The molecule has 3 N–H and O–H groups in total. The monoisotopic (exact) mass is 291 g/mol. The van der Waals surface area contributed by atoms with Gasteiger partial charge in [-0.2, -0.15) is 0 Å². The van der Waals surface area contributed by atoms with Gasteiger partial charge in [-0.15, -0.1) is 0 Å². The number of likely N-dealkylation sites (N-methyl/N-ethyl adjacent to an activating group) is 1. The fraction of sp³-hybridized carbons (Fsp3) is 0.562. The molecular weight excluding hydrogens is 266 g/mol. The molecule has 1 amide bonds. The minimum Gasteiger partial charge on any atom is -0.399 e. The van der Waals surface area contributed by atoms with E-state index in [1.807, 2.05) is 24.3 Å². The van der Waals surface area contributed by atoms with Crippen molar-refractivity contribution >= 4 is 11.6 Å². The van der Waals surface area contributed by atoms with Gasteiger partial charge in [0.25, 0.3) is 0 Å². The van der Waals surface area contributed by atoms with Crippen molar-refractivity contribution in [3.05, 3.63) is 29.8 Å². The van der Waals surface area contributed by atoms with Crippen molar-refractivity contribution in [3.8, 4) is 0 Å².